The standard InChI is InChI=1S/C7H18N4O2S/c1-4-11(14(12,13)10-3)5-6(2)7(8)9/h6,10H,4-5H2,1-3H3,(H3,8,9). The first-order chi connectivity index (χ1) is 6.35. The van der Waals surface area contributed by atoms with Gasteiger partial charge in [-0.1, -0.05) is 13.8 Å². The largest absolute Gasteiger partial charge is 0.387 e. The molecule has 1 unspecified atom stereocenters. The molecule has 1 atom stereocenters. The molecule has 4 N–H and O–H groups in total. The van der Waals surface area contributed by atoms with Gasteiger partial charge in [-0.2, -0.15) is 12.7 Å². The van der Waals surface area contributed by atoms with Crippen LogP contribution in [0.4, 0.5) is 0 Å². The van der Waals surface area contributed by atoms with Crippen molar-refractivity contribution in [2.75, 3.05) is 20.1 Å². The van der Waals surface area contributed by atoms with E-state index in [1.54, 1.807) is 13.8 Å². The average molecular weight is 222 g/mol. The van der Waals surface area contributed by atoms with Crippen LogP contribution in [0.5, 0.6) is 0 Å². The fourth-order valence-electron chi connectivity index (χ4n) is 0.930. The highest BCUT2D eigenvalue weighted by Crippen LogP contribution is 2.03. The molecule has 0 aromatic carbocycles. The van der Waals surface area contributed by atoms with Gasteiger partial charge in [0.1, 0.15) is 0 Å². The van der Waals surface area contributed by atoms with Crippen LogP contribution in [0.2, 0.25) is 0 Å². The first-order valence-electron chi connectivity index (χ1n) is 4.37. The van der Waals surface area contributed by atoms with E-state index in [2.05, 4.69) is 4.72 Å². The van der Waals surface area contributed by atoms with E-state index in [1.807, 2.05) is 0 Å². The lowest BCUT2D eigenvalue weighted by atomic mass is 10.1. The molecule has 0 heterocycles. The van der Waals surface area contributed by atoms with Gasteiger partial charge in [0.2, 0.25) is 0 Å². The SMILES string of the molecule is CCN(CC(C)C(=N)N)S(=O)(=O)NC. The van der Waals surface area contributed by atoms with Crippen LogP contribution in [0, 0.1) is 11.3 Å². The predicted molar refractivity (Wildman–Crippen MR) is 56.3 cm³/mol. The van der Waals surface area contributed by atoms with E-state index in [-0.39, 0.29) is 18.3 Å². The zero-order valence-corrected chi connectivity index (χ0v) is 9.56. The van der Waals surface area contributed by atoms with E-state index in [0.29, 0.717) is 6.54 Å². The molecule has 0 radical (unpaired) electrons. The Morgan fingerprint density at radius 3 is 2.43 bits per heavy atom. The van der Waals surface area contributed by atoms with Crippen molar-refractivity contribution in [2.45, 2.75) is 13.8 Å². The fourth-order valence-corrected chi connectivity index (χ4v) is 1.95. The second kappa shape index (κ2) is 5.28. The van der Waals surface area contributed by atoms with Gasteiger partial charge < -0.3 is 5.73 Å². The summed E-state index contributed by atoms with van der Waals surface area (Å²) in [5.41, 5.74) is 5.27. The molecule has 0 aromatic rings. The van der Waals surface area contributed by atoms with E-state index in [9.17, 15) is 8.42 Å². The molecule has 0 aliphatic carbocycles. The summed E-state index contributed by atoms with van der Waals surface area (Å²) in [7, 11) is -2.05. The van der Waals surface area contributed by atoms with Gasteiger partial charge >= 0.3 is 0 Å². The lowest BCUT2D eigenvalue weighted by Crippen LogP contribution is -2.43. The molecular weight excluding hydrogens is 204 g/mol. The molecule has 0 fully saturated rings. The topological polar surface area (TPSA) is 99.3 Å². The lowest BCUT2D eigenvalue weighted by Gasteiger charge is -2.22. The molecule has 6 nitrogen and oxygen atoms in total. The van der Waals surface area contributed by atoms with Gasteiger partial charge in [-0.05, 0) is 0 Å². The summed E-state index contributed by atoms with van der Waals surface area (Å²) in [6.07, 6.45) is 0. The van der Waals surface area contributed by atoms with Crippen molar-refractivity contribution in [2.24, 2.45) is 11.7 Å². The Bertz CT molecular complexity index is 288. The molecule has 0 saturated carbocycles. The number of rotatable bonds is 6. The average Bonchev–Trinajstić information content (AvgIpc) is 2.13. The van der Waals surface area contributed by atoms with Crippen LogP contribution < -0.4 is 10.5 Å². The molecular formula is C7H18N4O2S. The quantitative estimate of drug-likeness (QED) is 0.411. The van der Waals surface area contributed by atoms with E-state index >= 15 is 0 Å². The first kappa shape index (κ1) is 13.3. The number of nitrogens with two attached hydrogens (primary N) is 1. The van der Waals surface area contributed by atoms with E-state index in [1.165, 1.54) is 11.4 Å². The molecule has 0 spiro atoms. The Hall–Kier alpha value is -0.660. The minimum Gasteiger partial charge on any atom is -0.387 e. The molecule has 0 rings (SSSR count). The number of nitrogens with one attached hydrogen (secondary N) is 2. The predicted octanol–water partition coefficient (Wildman–Crippen LogP) is -0.655. The molecule has 0 aliphatic rings. The Morgan fingerprint density at radius 2 is 2.14 bits per heavy atom. The highest BCUT2D eigenvalue weighted by Gasteiger charge is 2.21. The molecule has 0 saturated heterocycles. The molecule has 0 amide bonds. The van der Waals surface area contributed by atoms with Crippen LogP contribution >= 0.6 is 0 Å². The highest BCUT2D eigenvalue weighted by atomic mass is 32.2. The summed E-state index contributed by atoms with van der Waals surface area (Å²) >= 11 is 0. The van der Waals surface area contributed by atoms with Gasteiger partial charge in [-0.3, -0.25) is 5.41 Å². The Balaban J connectivity index is 4.53. The van der Waals surface area contributed by atoms with Crippen LogP contribution in [-0.2, 0) is 10.2 Å². The van der Waals surface area contributed by atoms with E-state index < -0.39 is 10.2 Å². The van der Waals surface area contributed by atoms with Crippen molar-refractivity contribution in [3.05, 3.63) is 0 Å². The van der Waals surface area contributed by atoms with Crippen LogP contribution in [0.25, 0.3) is 0 Å². The van der Waals surface area contributed by atoms with Crippen LogP contribution in [0.1, 0.15) is 13.8 Å². The molecule has 0 bridgehead atoms. The molecule has 7 heteroatoms. The third-order valence-corrected chi connectivity index (χ3v) is 3.56. The van der Waals surface area contributed by atoms with Crippen molar-refractivity contribution >= 4 is 16.0 Å². The van der Waals surface area contributed by atoms with Gasteiger partial charge in [0.25, 0.3) is 10.2 Å². The van der Waals surface area contributed by atoms with Gasteiger partial charge in [-0.15, -0.1) is 0 Å². The van der Waals surface area contributed by atoms with Gasteiger partial charge in [0.15, 0.2) is 0 Å². The summed E-state index contributed by atoms with van der Waals surface area (Å²) in [6, 6.07) is 0. The van der Waals surface area contributed by atoms with E-state index in [4.69, 9.17) is 11.1 Å². The zero-order valence-electron chi connectivity index (χ0n) is 8.74. The molecule has 0 aromatic heterocycles. The summed E-state index contributed by atoms with van der Waals surface area (Å²) in [6.45, 7) is 4.05. The Labute approximate surface area is 85.2 Å². The van der Waals surface area contributed by atoms with Crippen LogP contribution in [0.3, 0.4) is 0 Å². The van der Waals surface area contributed by atoms with E-state index in [0.717, 1.165) is 0 Å². The molecule has 84 valence electrons. The molecule has 14 heavy (non-hydrogen) atoms. The number of amidine groups is 1. The summed E-state index contributed by atoms with van der Waals surface area (Å²) in [5.74, 6) is -0.271. The third-order valence-electron chi connectivity index (χ3n) is 1.96. The normalized spacial score (nSPS) is 14.3. The Morgan fingerprint density at radius 1 is 1.64 bits per heavy atom. The lowest BCUT2D eigenvalue weighted by molar-refractivity contribution is 0.398. The smallest absolute Gasteiger partial charge is 0.279 e. The van der Waals surface area contributed by atoms with Gasteiger partial charge in [0.05, 0.1) is 5.84 Å². The van der Waals surface area contributed by atoms with Crippen molar-refractivity contribution < 1.29 is 8.42 Å². The maximum absolute atomic E-state index is 11.4. The summed E-state index contributed by atoms with van der Waals surface area (Å²) < 4.78 is 26.3. The first-order valence-corrected chi connectivity index (χ1v) is 5.81. The second-order valence-corrected chi connectivity index (χ2v) is 4.89. The highest BCUT2D eigenvalue weighted by molar-refractivity contribution is 7.87. The van der Waals surface area contributed by atoms with Crippen LogP contribution in [-0.4, -0.2) is 38.7 Å². The number of hydrogen-bond donors (Lipinski definition) is 3. The number of hydrogen-bond acceptors (Lipinski definition) is 3. The monoisotopic (exact) mass is 222 g/mol. The maximum Gasteiger partial charge on any atom is 0.279 e. The third kappa shape index (κ3) is 3.60. The van der Waals surface area contributed by atoms with Crippen molar-refractivity contribution in [1.29, 1.82) is 5.41 Å². The van der Waals surface area contributed by atoms with Crippen molar-refractivity contribution in [1.82, 2.24) is 9.03 Å². The summed E-state index contributed by atoms with van der Waals surface area (Å²) in [5, 5.41) is 7.17. The van der Waals surface area contributed by atoms with Gasteiger partial charge in [0, 0.05) is 26.1 Å². The van der Waals surface area contributed by atoms with Crippen molar-refractivity contribution in [3.63, 3.8) is 0 Å². The minimum atomic E-state index is -3.41. The van der Waals surface area contributed by atoms with Crippen LogP contribution in [0.15, 0.2) is 0 Å². The second-order valence-electron chi connectivity index (χ2n) is 3.02. The maximum atomic E-state index is 11.4. The zero-order chi connectivity index (χ0) is 11.4. The Kier molecular flexibility index (Phi) is 5.03. The van der Waals surface area contributed by atoms with Gasteiger partial charge in [-0.25, -0.2) is 4.72 Å². The minimum absolute atomic E-state index is 0.00486. The number of nitrogens with zero attached hydrogens (tertiary/aromatic N) is 1. The fraction of sp³-hybridized carbons (Fsp3) is 0.857. The summed E-state index contributed by atoms with van der Waals surface area (Å²) in [4.78, 5) is 0. The molecule has 0 aliphatic heterocycles. The van der Waals surface area contributed by atoms with Crippen molar-refractivity contribution in [3.8, 4) is 0 Å².